The third kappa shape index (κ3) is 5.92. The normalized spacial score (nSPS) is 12.8. The van der Waals surface area contributed by atoms with Gasteiger partial charge in [-0.15, -0.1) is 11.3 Å². The molecule has 37 heavy (non-hydrogen) atoms. The van der Waals surface area contributed by atoms with Gasteiger partial charge in [-0.1, -0.05) is 30.3 Å². The van der Waals surface area contributed by atoms with Gasteiger partial charge in [0.05, 0.1) is 10.5 Å². The monoisotopic (exact) mass is 511 g/mol. The number of para-hydroxylation sites is 1. The number of aryl methyl sites for hydroxylation is 1. The van der Waals surface area contributed by atoms with Crippen molar-refractivity contribution in [2.45, 2.75) is 32.3 Å². The van der Waals surface area contributed by atoms with Crippen molar-refractivity contribution in [2.75, 3.05) is 5.32 Å². The number of carbonyl (C=O) groups is 1. The van der Waals surface area contributed by atoms with E-state index in [2.05, 4.69) is 5.32 Å². The summed E-state index contributed by atoms with van der Waals surface area (Å²) in [4.78, 5) is 29.7. The molecule has 0 saturated heterocycles. The van der Waals surface area contributed by atoms with Gasteiger partial charge < -0.3 is 10.1 Å². The smallest absolute Gasteiger partial charge is 0.269 e. The van der Waals surface area contributed by atoms with Crippen LogP contribution < -0.4 is 10.1 Å². The van der Waals surface area contributed by atoms with Crippen LogP contribution in [0.25, 0.3) is 0 Å². The first-order chi connectivity index (χ1) is 18.1. The minimum Gasteiger partial charge on any atom is -0.489 e. The van der Waals surface area contributed by atoms with Gasteiger partial charge in [0.25, 0.3) is 11.6 Å². The second-order valence-corrected chi connectivity index (χ2v) is 9.84. The van der Waals surface area contributed by atoms with E-state index < -0.39 is 4.92 Å². The van der Waals surface area contributed by atoms with Gasteiger partial charge in [0, 0.05) is 28.9 Å². The van der Waals surface area contributed by atoms with Crippen LogP contribution in [0.3, 0.4) is 0 Å². The Morgan fingerprint density at radius 3 is 2.59 bits per heavy atom. The minimum atomic E-state index is -0.422. The molecule has 1 aliphatic carbocycles. The summed E-state index contributed by atoms with van der Waals surface area (Å²) in [5.74, 6) is 0.535. The number of hydrogen-bond donors (Lipinski definition) is 1. The van der Waals surface area contributed by atoms with E-state index in [1.807, 2.05) is 54.6 Å². The maximum Gasteiger partial charge on any atom is 0.269 e. The highest BCUT2D eigenvalue weighted by Gasteiger charge is 2.25. The number of benzene rings is 3. The molecular weight excluding hydrogens is 486 g/mol. The molecule has 4 aromatic rings. The van der Waals surface area contributed by atoms with Crippen LogP contribution in [0.15, 0.2) is 83.9 Å². The van der Waals surface area contributed by atoms with Gasteiger partial charge in [-0.2, -0.15) is 0 Å². The topological polar surface area (TPSA) is 93.8 Å². The number of aliphatic imine (C=N–C) groups is 1. The Morgan fingerprint density at radius 1 is 1.03 bits per heavy atom. The number of non-ortho nitro benzene ring substituents is 1. The Labute approximate surface area is 218 Å². The molecule has 7 nitrogen and oxygen atoms in total. The maximum absolute atomic E-state index is 13.3. The summed E-state index contributed by atoms with van der Waals surface area (Å²) in [6.07, 6.45) is 5.84. The quantitative estimate of drug-likeness (QED) is 0.155. The Kier molecular flexibility index (Phi) is 7.37. The third-order valence-corrected chi connectivity index (χ3v) is 7.35. The van der Waals surface area contributed by atoms with Crippen molar-refractivity contribution in [3.63, 3.8) is 0 Å². The minimum absolute atomic E-state index is 0.0500. The predicted octanol–water partition coefficient (Wildman–Crippen LogP) is 7.12. The summed E-state index contributed by atoms with van der Waals surface area (Å²) in [7, 11) is 0. The van der Waals surface area contributed by atoms with Crippen molar-refractivity contribution in [3.05, 3.63) is 116 Å². The average molecular weight is 512 g/mol. The average Bonchev–Trinajstić information content (AvgIpc) is 3.30. The van der Waals surface area contributed by atoms with Gasteiger partial charge in [-0.05, 0) is 78.8 Å². The molecule has 0 unspecified atom stereocenters. The number of ether oxygens (including phenoxy) is 1. The number of nitrogens with zero attached hydrogens (tertiary/aromatic N) is 2. The van der Waals surface area contributed by atoms with Crippen LogP contribution in [0, 0.1) is 10.1 Å². The molecule has 0 spiro atoms. The van der Waals surface area contributed by atoms with Crippen LogP contribution in [0.5, 0.6) is 5.75 Å². The van der Waals surface area contributed by atoms with Crippen molar-refractivity contribution in [1.82, 2.24) is 0 Å². The number of fused-ring (bicyclic) bond motifs is 1. The number of nitrogens with one attached hydrogen (secondary N) is 1. The fraction of sp³-hybridized carbons (Fsp3) is 0.172. The van der Waals surface area contributed by atoms with Crippen molar-refractivity contribution >= 4 is 39.8 Å². The highest BCUT2D eigenvalue weighted by molar-refractivity contribution is 7.16. The molecule has 1 aromatic heterocycles. The lowest BCUT2D eigenvalue weighted by Crippen LogP contribution is -2.14. The van der Waals surface area contributed by atoms with E-state index in [4.69, 9.17) is 9.73 Å². The van der Waals surface area contributed by atoms with Gasteiger partial charge in [0.1, 0.15) is 17.4 Å². The summed E-state index contributed by atoms with van der Waals surface area (Å²) in [6.45, 7) is 0.292. The number of anilines is 1. The maximum atomic E-state index is 13.3. The molecule has 0 fully saturated rings. The van der Waals surface area contributed by atoms with E-state index in [-0.39, 0.29) is 11.6 Å². The fourth-order valence-electron chi connectivity index (χ4n) is 4.29. The van der Waals surface area contributed by atoms with E-state index in [1.54, 1.807) is 29.7 Å². The van der Waals surface area contributed by atoms with Crippen LogP contribution in [0.4, 0.5) is 16.4 Å². The highest BCUT2D eigenvalue weighted by atomic mass is 32.1. The molecule has 0 bridgehead atoms. The Bertz CT molecular complexity index is 1450. The van der Waals surface area contributed by atoms with E-state index in [1.165, 1.54) is 17.0 Å². The van der Waals surface area contributed by atoms with Gasteiger partial charge in [0.15, 0.2) is 0 Å². The Balaban J connectivity index is 1.33. The lowest BCUT2D eigenvalue weighted by Gasteiger charge is -2.12. The number of hydrogen-bond acceptors (Lipinski definition) is 6. The summed E-state index contributed by atoms with van der Waals surface area (Å²) in [6, 6.07) is 23.3. The van der Waals surface area contributed by atoms with Crippen LogP contribution in [-0.4, -0.2) is 17.0 Å². The molecule has 0 aliphatic heterocycles. The molecule has 5 rings (SSSR count). The predicted molar refractivity (Wildman–Crippen MR) is 146 cm³/mol. The zero-order valence-electron chi connectivity index (χ0n) is 20.1. The summed E-state index contributed by atoms with van der Waals surface area (Å²) in [5, 5.41) is 14.6. The van der Waals surface area contributed by atoms with Gasteiger partial charge >= 0.3 is 0 Å². The van der Waals surface area contributed by atoms with Gasteiger partial charge in [-0.25, -0.2) is 4.99 Å². The van der Waals surface area contributed by atoms with Crippen molar-refractivity contribution in [2.24, 2.45) is 4.99 Å². The molecule has 3 aromatic carbocycles. The molecule has 1 heterocycles. The van der Waals surface area contributed by atoms with E-state index >= 15 is 0 Å². The Hall–Kier alpha value is -4.30. The standard InChI is InChI=1S/C29H25N3O4S/c33-28(31-22-8-2-1-3-9-22)27-25-11-4-5-12-26(25)37-29(27)30-18-21-7-6-10-24(17-21)36-19-20-13-15-23(16-14-20)32(34)35/h1-3,6-10,13-18H,4-5,11-12,19H2,(H,31,33). The van der Waals surface area contributed by atoms with Crippen molar-refractivity contribution < 1.29 is 14.5 Å². The molecule has 0 atom stereocenters. The van der Waals surface area contributed by atoms with Crippen molar-refractivity contribution in [3.8, 4) is 5.75 Å². The molecule has 0 radical (unpaired) electrons. The summed E-state index contributed by atoms with van der Waals surface area (Å²) in [5.41, 5.74) is 4.29. The van der Waals surface area contributed by atoms with E-state index in [9.17, 15) is 14.9 Å². The largest absolute Gasteiger partial charge is 0.489 e. The number of rotatable bonds is 8. The van der Waals surface area contributed by atoms with Gasteiger partial charge in [0.2, 0.25) is 0 Å². The van der Waals surface area contributed by atoms with Crippen LogP contribution in [0.1, 0.15) is 44.8 Å². The zero-order chi connectivity index (χ0) is 25.6. The van der Waals surface area contributed by atoms with E-state index in [0.717, 1.165) is 53.1 Å². The first kappa shape index (κ1) is 24.4. The lowest BCUT2D eigenvalue weighted by molar-refractivity contribution is -0.384. The number of thiophene rings is 1. The molecule has 1 amide bonds. The second kappa shape index (κ2) is 11.2. The Morgan fingerprint density at radius 2 is 1.81 bits per heavy atom. The van der Waals surface area contributed by atoms with Crippen molar-refractivity contribution in [1.29, 1.82) is 0 Å². The third-order valence-electron chi connectivity index (χ3n) is 6.15. The molecule has 8 heteroatoms. The van der Waals surface area contributed by atoms with Crippen LogP contribution in [-0.2, 0) is 19.4 Å². The van der Waals surface area contributed by atoms with Crippen LogP contribution >= 0.6 is 11.3 Å². The molecule has 0 saturated carbocycles. The summed E-state index contributed by atoms with van der Waals surface area (Å²) >= 11 is 1.60. The van der Waals surface area contributed by atoms with E-state index in [0.29, 0.717) is 17.9 Å². The number of nitro benzene ring substituents is 1. The zero-order valence-corrected chi connectivity index (χ0v) is 20.9. The number of nitro groups is 1. The first-order valence-corrected chi connectivity index (χ1v) is 12.9. The van der Waals surface area contributed by atoms with Crippen LogP contribution in [0.2, 0.25) is 0 Å². The van der Waals surface area contributed by atoms with Gasteiger partial charge in [-0.3, -0.25) is 14.9 Å². The molecular formula is C29H25N3O4S. The number of carbonyl (C=O) groups excluding carboxylic acids is 1. The second-order valence-electron chi connectivity index (χ2n) is 8.75. The number of amides is 1. The summed E-state index contributed by atoms with van der Waals surface area (Å²) < 4.78 is 5.89. The lowest BCUT2D eigenvalue weighted by atomic mass is 9.95. The molecule has 186 valence electrons. The first-order valence-electron chi connectivity index (χ1n) is 12.1. The molecule has 1 N–H and O–H groups in total. The molecule has 1 aliphatic rings. The highest BCUT2D eigenvalue weighted by Crippen LogP contribution is 2.40. The SMILES string of the molecule is O=C(Nc1ccccc1)c1c(N=Cc2cccc(OCc3ccc([N+](=O)[O-])cc3)c2)sc2c1CCCC2. The fourth-order valence-corrected chi connectivity index (χ4v) is 5.52.